The van der Waals surface area contributed by atoms with Crippen LogP contribution in [0.25, 0.3) is 0 Å². The summed E-state index contributed by atoms with van der Waals surface area (Å²) in [7, 11) is 0. The smallest absolute Gasteiger partial charge is 4.00 e. The Morgan fingerprint density at radius 2 is 0.579 bits per heavy atom. The molecule has 0 atom stereocenters. The van der Waals surface area contributed by atoms with Crippen LogP contribution in [0.3, 0.4) is 0 Å². The average molecular weight is 523 g/mol. The van der Waals surface area contributed by atoms with Gasteiger partial charge in [-0.2, -0.15) is 0 Å². The molecule has 19 heteroatoms. The van der Waals surface area contributed by atoms with Gasteiger partial charge in [-0.05, 0) is 0 Å². The summed E-state index contributed by atoms with van der Waals surface area (Å²) in [4.78, 5) is 0. The van der Waals surface area contributed by atoms with Crippen LogP contribution < -0.4 is 16.6 Å². The van der Waals surface area contributed by atoms with Gasteiger partial charge in [-0.25, -0.2) is 0 Å². The van der Waals surface area contributed by atoms with Crippen molar-refractivity contribution in [3.8, 4) is 0 Å². The molecule has 0 spiro atoms. The molecule has 112 valence electrons. The summed E-state index contributed by atoms with van der Waals surface area (Å²) in [5.41, 5.74) is 0. The van der Waals surface area contributed by atoms with Crippen molar-refractivity contribution in [3.05, 3.63) is 0 Å². The fourth-order valence-electron chi connectivity index (χ4n) is 0.204. The van der Waals surface area contributed by atoms with E-state index in [4.69, 9.17) is 0 Å². The second-order valence-corrected chi connectivity index (χ2v) is 9.05. The van der Waals surface area contributed by atoms with Gasteiger partial charge >= 0.3 is 133 Å². The molecule has 14 nitrogen and oxygen atoms in total. The number of rotatable bonds is 4. The van der Waals surface area contributed by atoms with Gasteiger partial charge in [0.15, 0.2) is 0 Å². The molecular weight excluding hydrogens is 523 g/mol. The van der Waals surface area contributed by atoms with Crippen molar-refractivity contribution in [1.29, 1.82) is 0 Å². The van der Waals surface area contributed by atoms with Crippen molar-refractivity contribution in [1.82, 2.24) is 0 Å². The molecule has 0 radical (unpaired) electrons. The van der Waals surface area contributed by atoms with Gasteiger partial charge in [-0.15, -0.1) is 0 Å². The van der Waals surface area contributed by atoms with E-state index in [2.05, 4.69) is 5.68 Å². The molecule has 0 saturated heterocycles. The third-order valence-corrected chi connectivity index (χ3v) is 5.67. The maximum atomic E-state index is 9.38. The fourth-order valence-corrected chi connectivity index (χ4v) is 3.47. The molecule has 0 amide bonds. The largest absolute Gasteiger partial charge is 4.00 e. The Hall–Kier alpha value is 1.17. The van der Waals surface area contributed by atoms with Gasteiger partial charge in [-0.1, -0.05) is 0 Å². The topological polar surface area (TPSA) is 247 Å². The van der Waals surface area contributed by atoms with Crippen LogP contribution in [-0.4, -0.2) is 0 Å². The summed E-state index contributed by atoms with van der Waals surface area (Å²) < 4.78 is 118. The summed E-state index contributed by atoms with van der Waals surface area (Å²) in [5, 5.41) is 0. The maximum absolute atomic E-state index is 9.38. The van der Waals surface area contributed by atoms with Gasteiger partial charge in [0, 0.05) is 0 Å². The van der Waals surface area contributed by atoms with Crippen molar-refractivity contribution in [3.63, 3.8) is 0 Å². The molecule has 0 aliphatic carbocycles. The van der Waals surface area contributed by atoms with Crippen LogP contribution in [-0.2, 0) is 117 Å². The molecule has 0 N–H and O–H groups in total. The minimum absolute atomic E-state index is 0. The number of hydrogen-bond donors (Lipinski definition) is 0. The van der Waals surface area contributed by atoms with Crippen LogP contribution >= 0.6 is 0 Å². The van der Waals surface area contributed by atoms with Gasteiger partial charge in [0.1, 0.15) is 0 Å². The molecule has 0 aromatic heterocycles. The molecule has 19 heavy (non-hydrogen) atoms. The summed E-state index contributed by atoms with van der Waals surface area (Å²) in [6.07, 6.45) is 0. The molecule has 0 bridgehead atoms. The summed E-state index contributed by atoms with van der Waals surface area (Å²) >= 11 is -24.3. The Bertz CT molecular complexity index is 532. The van der Waals surface area contributed by atoms with Crippen LogP contribution in [0.4, 0.5) is 0 Å². The molecule has 0 unspecified atom stereocenters. The van der Waals surface area contributed by atoms with E-state index >= 15 is 0 Å². The van der Waals surface area contributed by atoms with Crippen molar-refractivity contribution in [2.45, 2.75) is 0 Å². The maximum Gasteiger partial charge on any atom is 4.00 e. The second-order valence-electron chi connectivity index (χ2n) is 1.77. The van der Waals surface area contributed by atoms with Crippen LogP contribution in [0.5, 0.6) is 0 Å². The number of hydrogen-bond acceptors (Lipinski definition) is 14. The zero-order valence-corrected chi connectivity index (χ0v) is 15.4. The van der Waals surface area contributed by atoms with Crippen LogP contribution in [0.15, 0.2) is 0 Å². The summed E-state index contributed by atoms with van der Waals surface area (Å²) in [6, 6.07) is 0. The van der Waals surface area contributed by atoms with Gasteiger partial charge < -0.3 is 0 Å². The minimum atomic E-state index is -6.07. The Kier molecular flexibility index (Phi) is 11.3. The molecule has 0 aromatic carbocycles. The molecule has 0 saturated carbocycles. The second kappa shape index (κ2) is 8.58. The van der Waals surface area contributed by atoms with E-state index < -0.39 is 54.5 Å². The monoisotopic (exact) mass is 522 g/mol. The van der Waals surface area contributed by atoms with Gasteiger partial charge in [-0.3, -0.25) is 0 Å². The predicted molar refractivity (Wildman–Crippen MR) is 7.66 cm³/mol. The Morgan fingerprint density at radius 1 is 0.474 bits per heavy atom. The molecule has 0 heterocycles. The van der Waals surface area contributed by atoms with Crippen molar-refractivity contribution in [2.75, 3.05) is 0 Å². The fraction of sp³-hybridized carbons (Fsp3) is 0. The normalized spacial score (nSPS) is 12.8. The quantitative estimate of drug-likeness (QED) is 0.333. The van der Waals surface area contributed by atoms with Crippen molar-refractivity contribution < 1.29 is 133 Å². The summed E-state index contributed by atoms with van der Waals surface area (Å²) in [5.74, 6) is 0. The zero-order valence-electron chi connectivity index (χ0n) is 7.85. The minimum Gasteiger partial charge on any atom is 4.00 e. The molecule has 0 aliphatic heterocycles. The molecule has 0 aromatic rings. The van der Waals surface area contributed by atoms with Crippen LogP contribution in [0, 0.1) is 0 Å². The van der Waals surface area contributed by atoms with E-state index in [0.717, 1.165) is 0 Å². The standard InChI is InChI=1S/4Cr.14O.Zr/q;;;;;;;;;;;;;;4*-1;+4. The van der Waals surface area contributed by atoms with E-state index in [9.17, 15) is 47.1 Å². The molecule has 0 fully saturated rings. The SMILES string of the molecule is [O]=[Cr](=[O])([O-])[O][Cr](=[O])(=[O])[O-].[O]=[Cr](=[O])([O-])[O][Cr](=[O])(=[O])[O-].[Zr+4]. The molecule has 0 aliphatic rings. The van der Waals surface area contributed by atoms with E-state index in [1.54, 1.807) is 0 Å². The Balaban J connectivity index is -0.000000256. The van der Waals surface area contributed by atoms with Gasteiger partial charge in [0.2, 0.25) is 0 Å². The van der Waals surface area contributed by atoms with Crippen molar-refractivity contribution in [2.24, 2.45) is 0 Å². The first-order chi connectivity index (χ1) is 7.41. The van der Waals surface area contributed by atoms with Gasteiger partial charge in [0.05, 0.1) is 0 Å². The first kappa shape index (κ1) is 25.1. The predicted octanol–water partition coefficient (Wildman–Crippen LogP) is -5.86. The first-order valence-electron chi connectivity index (χ1n) is 2.67. The average Bonchev–Trinajstić information content (AvgIpc) is 1.64. The first-order valence-corrected chi connectivity index (χ1v) is 11.0. The zero-order chi connectivity index (χ0) is 15.4. The summed E-state index contributed by atoms with van der Waals surface area (Å²) in [6.45, 7) is 0. The Morgan fingerprint density at radius 3 is 0.579 bits per heavy atom. The van der Waals surface area contributed by atoms with Crippen LogP contribution in [0.2, 0.25) is 0 Å². The van der Waals surface area contributed by atoms with Crippen molar-refractivity contribution >= 4 is 0 Å². The Labute approximate surface area is 132 Å². The third-order valence-electron chi connectivity index (χ3n) is 0.333. The molecular formula is Cr4O14Zr. The van der Waals surface area contributed by atoms with E-state index in [0.29, 0.717) is 0 Å². The van der Waals surface area contributed by atoms with E-state index in [-0.39, 0.29) is 26.2 Å². The van der Waals surface area contributed by atoms with Gasteiger partial charge in [0.25, 0.3) is 0 Å². The van der Waals surface area contributed by atoms with E-state index in [1.807, 2.05) is 0 Å². The molecule has 0 rings (SSSR count). The third kappa shape index (κ3) is 32.6. The van der Waals surface area contributed by atoms with E-state index in [1.165, 1.54) is 0 Å². The van der Waals surface area contributed by atoms with Crippen LogP contribution in [0.1, 0.15) is 0 Å².